The molecule has 7 heteroatoms. The highest BCUT2D eigenvalue weighted by atomic mass is 16.5. The number of amides is 1. The molecule has 37 heavy (non-hydrogen) atoms. The van der Waals surface area contributed by atoms with E-state index < -0.39 is 17.9 Å². The van der Waals surface area contributed by atoms with Crippen LogP contribution in [0.3, 0.4) is 0 Å². The summed E-state index contributed by atoms with van der Waals surface area (Å²) in [5.74, 6) is -1.35. The van der Waals surface area contributed by atoms with E-state index in [1.54, 1.807) is 27.9 Å². The lowest BCUT2D eigenvalue weighted by Crippen LogP contribution is -2.51. The lowest BCUT2D eigenvalue weighted by Gasteiger charge is -2.36. The van der Waals surface area contributed by atoms with Crippen molar-refractivity contribution in [1.82, 2.24) is 14.5 Å². The quantitative estimate of drug-likeness (QED) is 0.287. The van der Waals surface area contributed by atoms with Crippen LogP contribution in [0.5, 0.6) is 0 Å². The van der Waals surface area contributed by atoms with Crippen LogP contribution in [0, 0.1) is 0 Å². The number of carbonyl (C=O) groups excluding carboxylic acids is 3. The summed E-state index contributed by atoms with van der Waals surface area (Å²) in [6.45, 7) is 0.240. The van der Waals surface area contributed by atoms with Gasteiger partial charge < -0.3 is 14.2 Å². The number of fused-ring (bicyclic) bond motifs is 1. The van der Waals surface area contributed by atoms with Gasteiger partial charge in [-0.15, -0.1) is 0 Å². The molecular weight excluding hydrogens is 466 g/mol. The third-order valence-electron chi connectivity index (χ3n) is 6.79. The van der Waals surface area contributed by atoms with Gasteiger partial charge in [-0.2, -0.15) is 0 Å². The van der Waals surface area contributed by atoms with Gasteiger partial charge in [-0.25, -0.2) is 9.78 Å². The minimum Gasteiger partial charge on any atom is -0.467 e. The maximum Gasteiger partial charge on any atom is 0.329 e. The lowest BCUT2D eigenvalue weighted by atomic mass is 9.88. The van der Waals surface area contributed by atoms with Gasteiger partial charge in [0.1, 0.15) is 6.04 Å². The molecule has 0 spiro atoms. The van der Waals surface area contributed by atoms with Crippen LogP contribution in [0.15, 0.2) is 97.3 Å². The second-order valence-electron chi connectivity index (χ2n) is 9.02. The van der Waals surface area contributed by atoms with Crippen molar-refractivity contribution in [1.29, 1.82) is 0 Å². The number of ether oxygens (including phenoxy) is 1. The number of hydrogen-bond acceptors (Lipinski definition) is 5. The third kappa shape index (κ3) is 4.93. The van der Waals surface area contributed by atoms with E-state index in [-0.39, 0.29) is 31.2 Å². The van der Waals surface area contributed by atoms with Crippen molar-refractivity contribution < 1.29 is 19.1 Å². The molecule has 1 atom stereocenters. The largest absolute Gasteiger partial charge is 0.467 e. The molecule has 0 saturated heterocycles. The molecule has 7 nitrogen and oxygen atoms in total. The molecule has 0 bridgehead atoms. The summed E-state index contributed by atoms with van der Waals surface area (Å²) < 4.78 is 6.86. The van der Waals surface area contributed by atoms with Crippen LogP contribution in [0.25, 0.3) is 0 Å². The smallest absolute Gasteiger partial charge is 0.329 e. The van der Waals surface area contributed by atoms with Gasteiger partial charge in [-0.05, 0) is 11.1 Å². The second-order valence-corrected chi connectivity index (χ2v) is 9.02. The average Bonchev–Trinajstić information content (AvgIpc) is 3.35. The highest BCUT2D eigenvalue weighted by molar-refractivity contribution is 5.96. The van der Waals surface area contributed by atoms with Crippen molar-refractivity contribution >= 4 is 17.7 Å². The van der Waals surface area contributed by atoms with E-state index in [0.29, 0.717) is 11.3 Å². The monoisotopic (exact) mass is 493 g/mol. The molecule has 1 aliphatic rings. The SMILES string of the molecule is COC(=O)[C@@H]1Cc2ncn(CC(=O)c3ccccc3)c2CN1C(=O)C(c1ccccc1)c1ccccc1. The molecule has 0 N–H and O–H groups in total. The highest BCUT2D eigenvalue weighted by Gasteiger charge is 2.40. The maximum absolute atomic E-state index is 14.2. The Morgan fingerprint density at radius 3 is 2.03 bits per heavy atom. The second kappa shape index (κ2) is 10.6. The van der Waals surface area contributed by atoms with E-state index in [4.69, 9.17) is 4.74 Å². The Morgan fingerprint density at radius 2 is 1.46 bits per heavy atom. The Morgan fingerprint density at radius 1 is 0.892 bits per heavy atom. The summed E-state index contributed by atoms with van der Waals surface area (Å²) in [7, 11) is 1.32. The molecule has 1 aromatic heterocycles. The molecular formula is C30H27N3O4. The number of carbonyl (C=O) groups is 3. The molecule has 3 aromatic carbocycles. The van der Waals surface area contributed by atoms with Crippen molar-refractivity contribution in [3.05, 3.63) is 125 Å². The number of aromatic nitrogens is 2. The van der Waals surface area contributed by atoms with Crippen LogP contribution in [0.2, 0.25) is 0 Å². The summed E-state index contributed by atoms with van der Waals surface area (Å²) >= 11 is 0. The average molecular weight is 494 g/mol. The summed E-state index contributed by atoms with van der Waals surface area (Å²) in [5.41, 5.74) is 3.71. The van der Waals surface area contributed by atoms with E-state index >= 15 is 0 Å². The molecule has 5 rings (SSSR count). The van der Waals surface area contributed by atoms with E-state index in [9.17, 15) is 14.4 Å². The number of hydrogen-bond donors (Lipinski definition) is 0. The fraction of sp³-hybridized carbons (Fsp3) is 0.200. The molecule has 1 aliphatic heterocycles. The molecule has 0 radical (unpaired) electrons. The summed E-state index contributed by atoms with van der Waals surface area (Å²) in [4.78, 5) is 46.1. The van der Waals surface area contributed by atoms with Crippen LogP contribution in [-0.2, 0) is 33.8 Å². The summed E-state index contributed by atoms with van der Waals surface area (Å²) in [6.07, 6.45) is 1.83. The van der Waals surface area contributed by atoms with Gasteiger partial charge in [-0.1, -0.05) is 91.0 Å². The molecule has 186 valence electrons. The number of ketones is 1. The normalized spacial score (nSPS) is 14.8. The van der Waals surface area contributed by atoms with E-state index in [0.717, 1.165) is 16.8 Å². The molecule has 4 aromatic rings. The Bertz CT molecular complexity index is 1360. The molecule has 0 aliphatic carbocycles. The summed E-state index contributed by atoms with van der Waals surface area (Å²) in [6, 6.07) is 27.3. The van der Waals surface area contributed by atoms with E-state index in [1.807, 2.05) is 78.9 Å². The number of rotatable bonds is 7. The maximum atomic E-state index is 14.2. The van der Waals surface area contributed by atoms with Crippen LogP contribution < -0.4 is 0 Å². The number of esters is 1. The highest BCUT2D eigenvalue weighted by Crippen LogP contribution is 2.32. The van der Waals surface area contributed by atoms with E-state index in [2.05, 4.69) is 4.98 Å². The number of benzene rings is 3. The molecule has 0 unspecified atom stereocenters. The van der Waals surface area contributed by atoms with Crippen molar-refractivity contribution in [3.63, 3.8) is 0 Å². The molecule has 2 heterocycles. The first kappa shape index (κ1) is 24.2. The van der Waals surface area contributed by atoms with E-state index in [1.165, 1.54) is 7.11 Å². The standard InChI is InChI=1S/C30H27N3O4/c1-37-30(36)25-17-24-26(32(20-31-24)19-27(34)21-11-5-2-6-12-21)18-33(25)29(35)28(22-13-7-3-8-14-22)23-15-9-4-10-16-23/h2-16,20,25,28H,17-19H2,1H3/t25-/m0/s1. The zero-order valence-electron chi connectivity index (χ0n) is 20.5. The Balaban J connectivity index is 1.51. The van der Waals surface area contributed by atoms with Gasteiger partial charge in [0, 0.05) is 12.0 Å². The first-order chi connectivity index (χ1) is 18.1. The Hall–Kier alpha value is -4.52. The van der Waals surface area contributed by atoms with Crippen LogP contribution >= 0.6 is 0 Å². The van der Waals surface area contributed by atoms with Gasteiger partial charge in [0.2, 0.25) is 5.91 Å². The van der Waals surface area contributed by atoms with Crippen molar-refractivity contribution in [2.24, 2.45) is 0 Å². The van der Waals surface area contributed by atoms with Crippen LogP contribution in [0.4, 0.5) is 0 Å². The molecule has 0 fully saturated rings. The van der Waals surface area contributed by atoms with Gasteiger partial charge >= 0.3 is 5.97 Å². The minimum absolute atomic E-state index is 0.0554. The van der Waals surface area contributed by atoms with Crippen molar-refractivity contribution in [3.8, 4) is 0 Å². The summed E-state index contributed by atoms with van der Waals surface area (Å²) in [5, 5.41) is 0. The predicted molar refractivity (Wildman–Crippen MR) is 138 cm³/mol. The van der Waals surface area contributed by atoms with Gasteiger partial charge in [-0.3, -0.25) is 9.59 Å². The zero-order valence-corrected chi connectivity index (χ0v) is 20.5. The zero-order chi connectivity index (χ0) is 25.8. The topological polar surface area (TPSA) is 81.5 Å². The van der Waals surface area contributed by atoms with Crippen LogP contribution in [0.1, 0.15) is 38.8 Å². The minimum atomic E-state index is -0.812. The number of Topliss-reactive ketones (excluding diaryl/α,β-unsaturated/α-hetero) is 1. The third-order valence-corrected chi connectivity index (χ3v) is 6.79. The Labute approximate surface area is 215 Å². The first-order valence-corrected chi connectivity index (χ1v) is 12.2. The van der Waals surface area contributed by atoms with Crippen LogP contribution in [-0.4, -0.2) is 45.3 Å². The van der Waals surface area contributed by atoms with Gasteiger partial charge in [0.25, 0.3) is 0 Å². The predicted octanol–water partition coefficient (Wildman–Crippen LogP) is 4.02. The Kier molecular flexibility index (Phi) is 6.94. The fourth-order valence-electron chi connectivity index (χ4n) is 4.89. The number of imidazole rings is 1. The first-order valence-electron chi connectivity index (χ1n) is 12.2. The van der Waals surface area contributed by atoms with Gasteiger partial charge in [0.05, 0.1) is 43.8 Å². The molecule has 0 saturated carbocycles. The lowest BCUT2D eigenvalue weighted by molar-refractivity contribution is -0.154. The van der Waals surface area contributed by atoms with Crippen molar-refractivity contribution in [2.75, 3.05) is 7.11 Å². The van der Waals surface area contributed by atoms with Gasteiger partial charge in [0.15, 0.2) is 5.78 Å². The number of methoxy groups -OCH3 is 1. The fourth-order valence-corrected chi connectivity index (χ4v) is 4.89. The number of nitrogens with zero attached hydrogens (tertiary/aromatic N) is 3. The molecule has 1 amide bonds. The van der Waals surface area contributed by atoms with Crippen molar-refractivity contribution in [2.45, 2.75) is 31.5 Å².